The lowest BCUT2D eigenvalue weighted by Crippen LogP contribution is -1.84. The third-order valence-electron chi connectivity index (χ3n) is 0.669. The minimum absolute atomic E-state index is 0.785. The van der Waals surface area contributed by atoms with E-state index < -0.39 is 0 Å². The number of aromatic nitrogens is 2. The molecule has 42 valence electrons. The van der Waals surface area contributed by atoms with Crippen molar-refractivity contribution in [2.75, 3.05) is 3.53 Å². The maximum Gasteiger partial charge on any atom is 0.157 e. The van der Waals surface area contributed by atoms with Gasteiger partial charge < -0.3 is 3.53 Å². The van der Waals surface area contributed by atoms with E-state index >= 15 is 0 Å². The SMILES string of the molecule is INc1cccnn1. The van der Waals surface area contributed by atoms with E-state index in [9.17, 15) is 0 Å². The fourth-order valence-corrected chi connectivity index (χ4v) is 0.640. The molecule has 3 nitrogen and oxygen atoms in total. The van der Waals surface area contributed by atoms with Gasteiger partial charge in [0.15, 0.2) is 5.82 Å². The molecule has 1 heterocycles. The summed E-state index contributed by atoms with van der Waals surface area (Å²) in [6.07, 6.45) is 1.64. The van der Waals surface area contributed by atoms with Crippen LogP contribution in [-0.4, -0.2) is 10.2 Å². The van der Waals surface area contributed by atoms with Gasteiger partial charge in [0.1, 0.15) is 0 Å². The van der Waals surface area contributed by atoms with Crippen LogP contribution in [0.5, 0.6) is 0 Å². The van der Waals surface area contributed by atoms with Crippen LogP contribution in [0.2, 0.25) is 0 Å². The van der Waals surface area contributed by atoms with Gasteiger partial charge in [-0.25, -0.2) is 0 Å². The van der Waals surface area contributed by atoms with Crippen LogP contribution in [0.25, 0.3) is 0 Å². The number of rotatable bonds is 1. The molecular weight excluding hydrogens is 217 g/mol. The first kappa shape index (κ1) is 5.74. The summed E-state index contributed by atoms with van der Waals surface area (Å²) in [6.45, 7) is 0. The molecule has 0 saturated heterocycles. The highest BCUT2D eigenvalue weighted by Crippen LogP contribution is 1.98. The average molecular weight is 221 g/mol. The first-order chi connectivity index (χ1) is 3.93. The maximum atomic E-state index is 3.73. The van der Waals surface area contributed by atoms with Crippen LogP contribution in [0.4, 0.5) is 5.82 Å². The number of nitrogens with one attached hydrogen (secondary N) is 1. The van der Waals surface area contributed by atoms with Crippen molar-refractivity contribution in [2.45, 2.75) is 0 Å². The molecule has 0 aliphatic heterocycles. The van der Waals surface area contributed by atoms with Crippen molar-refractivity contribution >= 4 is 28.7 Å². The largest absolute Gasteiger partial charge is 0.312 e. The van der Waals surface area contributed by atoms with Crippen molar-refractivity contribution in [3.8, 4) is 0 Å². The highest BCUT2D eigenvalue weighted by atomic mass is 127. The molecule has 1 rings (SSSR count). The van der Waals surface area contributed by atoms with Gasteiger partial charge in [-0.2, -0.15) is 5.10 Å². The summed E-state index contributed by atoms with van der Waals surface area (Å²) in [5.74, 6) is 0.785. The third-order valence-corrected chi connectivity index (χ3v) is 1.22. The Balaban J connectivity index is 2.83. The Morgan fingerprint density at radius 3 is 2.88 bits per heavy atom. The lowest BCUT2D eigenvalue weighted by molar-refractivity contribution is 1.04. The molecule has 0 aromatic carbocycles. The molecule has 0 aliphatic carbocycles. The van der Waals surface area contributed by atoms with Gasteiger partial charge in [0, 0.05) is 6.20 Å². The molecule has 0 radical (unpaired) electrons. The van der Waals surface area contributed by atoms with E-state index in [4.69, 9.17) is 0 Å². The second-order valence-electron chi connectivity index (χ2n) is 1.20. The second kappa shape index (κ2) is 2.81. The molecule has 0 unspecified atom stereocenters. The van der Waals surface area contributed by atoms with Crippen LogP contribution < -0.4 is 3.53 Å². The highest BCUT2D eigenvalue weighted by molar-refractivity contribution is 14.1. The van der Waals surface area contributed by atoms with Gasteiger partial charge >= 0.3 is 0 Å². The van der Waals surface area contributed by atoms with E-state index in [1.54, 1.807) is 6.20 Å². The topological polar surface area (TPSA) is 37.8 Å². The Bertz CT molecular complexity index is 153. The summed E-state index contributed by atoms with van der Waals surface area (Å²) >= 11 is 2.00. The molecule has 0 fully saturated rings. The summed E-state index contributed by atoms with van der Waals surface area (Å²) in [5, 5.41) is 7.37. The molecule has 8 heavy (non-hydrogen) atoms. The van der Waals surface area contributed by atoms with Crippen molar-refractivity contribution in [3.05, 3.63) is 18.3 Å². The van der Waals surface area contributed by atoms with Crippen molar-refractivity contribution in [1.29, 1.82) is 0 Å². The van der Waals surface area contributed by atoms with Crippen LogP contribution in [0.3, 0.4) is 0 Å². The van der Waals surface area contributed by atoms with Crippen LogP contribution in [0.1, 0.15) is 0 Å². The monoisotopic (exact) mass is 221 g/mol. The first-order valence-corrected chi connectivity index (χ1v) is 3.15. The Morgan fingerprint density at radius 1 is 1.62 bits per heavy atom. The molecular formula is C4H4IN3. The Kier molecular flexibility index (Phi) is 2.01. The Labute approximate surface area is 61.0 Å². The molecule has 1 aromatic rings. The van der Waals surface area contributed by atoms with Gasteiger partial charge in [0.05, 0.1) is 22.9 Å². The van der Waals surface area contributed by atoms with Gasteiger partial charge in [0.2, 0.25) is 0 Å². The van der Waals surface area contributed by atoms with E-state index in [2.05, 4.69) is 13.7 Å². The summed E-state index contributed by atoms with van der Waals surface area (Å²) in [5.41, 5.74) is 0. The van der Waals surface area contributed by atoms with Crippen molar-refractivity contribution in [1.82, 2.24) is 10.2 Å². The predicted octanol–water partition coefficient (Wildman–Crippen LogP) is 1.24. The zero-order chi connectivity index (χ0) is 5.82. The summed E-state index contributed by atoms with van der Waals surface area (Å²) in [7, 11) is 0. The van der Waals surface area contributed by atoms with Crippen LogP contribution in [0, 0.1) is 0 Å². The number of nitrogens with zero attached hydrogens (tertiary/aromatic N) is 2. The summed E-state index contributed by atoms with van der Waals surface area (Å²) < 4.78 is 2.82. The van der Waals surface area contributed by atoms with Crippen LogP contribution >= 0.6 is 22.9 Å². The minimum atomic E-state index is 0.785. The van der Waals surface area contributed by atoms with E-state index in [0.717, 1.165) is 5.82 Å². The summed E-state index contributed by atoms with van der Waals surface area (Å²) in [6, 6.07) is 3.67. The van der Waals surface area contributed by atoms with Crippen LogP contribution in [0.15, 0.2) is 18.3 Å². The zero-order valence-corrected chi connectivity index (χ0v) is 6.16. The molecule has 0 spiro atoms. The van der Waals surface area contributed by atoms with Gasteiger partial charge in [-0.15, -0.1) is 5.10 Å². The minimum Gasteiger partial charge on any atom is -0.312 e. The zero-order valence-electron chi connectivity index (χ0n) is 4.00. The fourth-order valence-electron chi connectivity index (χ4n) is 0.352. The van der Waals surface area contributed by atoms with Gasteiger partial charge in [-0.05, 0) is 12.1 Å². The molecule has 0 amide bonds. The Hall–Kier alpha value is -0.390. The van der Waals surface area contributed by atoms with Crippen molar-refractivity contribution in [2.24, 2.45) is 0 Å². The maximum absolute atomic E-state index is 3.73. The number of anilines is 1. The number of halogens is 1. The van der Waals surface area contributed by atoms with Crippen molar-refractivity contribution in [3.63, 3.8) is 0 Å². The number of hydrogen-bond acceptors (Lipinski definition) is 3. The molecule has 0 atom stereocenters. The standard InChI is InChI=1S/C4H4IN3/c5-7-4-2-1-3-6-8-4/h1-3H,(H,7,8). The van der Waals surface area contributed by atoms with E-state index in [1.807, 2.05) is 35.0 Å². The first-order valence-electron chi connectivity index (χ1n) is 2.08. The van der Waals surface area contributed by atoms with E-state index in [-0.39, 0.29) is 0 Å². The van der Waals surface area contributed by atoms with E-state index in [1.165, 1.54) is 0 Å². The van der Waals surface area contributed by atoms with Gasteiger partial charge in [0.25, 0.3) is 0 Å². The molecule has 1 aromatic heterocycles. The van der Waals surface area contributed by atoms with Gasteiger partial charge in [-0.1, -0.05) is 0 Å². The van der Waals surface area contributed by atoms with E-state index in [0.29, 0.717) is 0 Å². The van der Waals surface area contributed by atoms with Gasteiger partial charge in [-0.3, -0.25) is 0 Å². The lowest BCUT2D eigenvalue weighted by Gasteiger charge is -1.89. The summed E-state index contributed by atoms with van der Waals surface area (Å²) in [4.78, 5) is 0. The average Bonchev–Trinajstić information content (AvgIpc) is 1.90. The molecule has 4 heteroatoms. The second-order valence-corrected chi connectivity index (χ2v) is 1.74. The number of hydrogen-bond donors (Lipinski definition) is 1. The molecule has 0 aliphatic rings. The predicted molar refractivity (Wildman–Crippen MR) is 39.7 cm³/mol. The lowest BCUT2D eigenvalue weighted by atomic mass is 10.6. The van der Waals surface area contributed by atoms with Crippen LogP contribution in [-0.2, 0) is 0 Å². The molecule has 0 bridgehead atoms. The Morgan fingerprint density at radius 2 is 2.50 bits per heavy atom. The molecule has 1 N–H and O–H groups in total. The normalized spacial score (nSPS) is 8.62. The third kappa shape index (κ3) is 1.29. The van der Waals surface area contributed by atoms with Crippen molar-refractivity contribution < 1.29 is 0 Å². The highest BCUT2D eigenvalue weighted by Gasteiger charge is 1.82. The fraction of sp³-hybridized carbons (Fsp3) is 0. The molecule has 0 saturated carbocycles. The quantitative estimate of drug-likeness (QED) is 0.572. The smallest absolute Gasteiger partial charge is 0.157 e.